The van der Waals surface area contributed by atoms with E-state index in [9.17, 15) is 18.0 Å². The van der Waals surface area contributed by atoms with Crippen LogP contribution in [0.1, 0.15) is 6.42 Å². The van der Waals surface area contributed by atoms with Gasteiger partial charge < -0.3 is 15.4 Å². The van der Waals surface area contributed by atoms with E-state index in [1.165, 1.54) is 7.11 Å². The summed E-state index contributed by atoms with van der Waals surface area (Å²) in [4.78, 5) is 12.4. The molecule has 1 heterocycles. The molecule has 0 bridgehead atoms. The van der Waals surface area contributed by atoms with Gasteiger partial charge in [-0.25, -0.2) is 0 Å². The Morgan fingerprint density at radius 1 is 1.56 bits per heavy atom. The van der Waals surface area contributed by atoms with Crippen LogP contribution in [0.5, 0.6) is 0 Å². The number of halogens is 3. The van der Waals surface area contributed by atoms with Crippen molar-refractivity contribution < 1.29 is 22.7 Å². The van der Waals surface area contributed by atoms with Crippen molar-refractivity contribution in [3.8, 4) is 0 Å². The van der Waals surface area contributed by atoms with Crippen LogP contribution in [0.2, 0.25) is 0 Å². The van der Waals surface area contributed by atoms with Gasteiger partial charge in [0.15, 0.2) is 0 Å². The Morgan fingerprint density at radius 2 is 2.19 bits per heavy atom. The smallest absolute Gasteiger partial charge is 0.384 e. The number of ether oxygens (including phenoxy) is 1. The number of nitrogens with zero attached hydrogens (tertiary/aromatic N) is 1. The van der Waals surface area contributed by atoms with E-state index in [0.29, 0.717) is 0 Å². The molecule has 16 heavy (non-hydrogen) atoms. The maximum Gasteiger partial charge on any atom is 0.398 e. The number of carbonyl (C=O) groups is 1. The molecule has 2 N–H and O–H groups in total. The fourth-order valence-electron chi connectivity index (χ4n) is 1.92. The van der Waals surface area contributed by atoms with Gasteiger partial charge >= 0.3 is 6.18 Å². The van der Waals surface area contributed by atoms with E-state index in [1.807, 2.05) is 0 Å². The van der Waals surface area contributed by atoms with Gasteiger partial charge in [0.2, 0.25) is 5.91 Å². The Kier molecular flexibility index (Phi) is 3.80. The zero-order valence-electron chi connectivity index (χ0n) is 9.01. The molecule has 1 saturated heterocycles. The maximum atomic E-state index is 12.9. The molecular weight excluding hydrogens is 225 g/mol. The summed E-state index contributed by atoms with van der Waals surface area (Å²) >= 11 is 0. The summed E-state index contributed by atoms with van der Waals surface area (Å²) in [5.41, 5.74) is 3.18. The van der Waals surface area contributed by atoms with Crippen LogP contribution >= 0.6 is 0 Å². The standard InChI is InChI=1S/C9H15F3N2O2/c1-16-6-8(9(10,11)12)2-3-14(5-8)7(15)4-13/h2-6,13H2,1H3. The third-order valence-corrected chi connectivity index (χ3v) is 2.90. The fraction of sp³-hybridized carbons (Fsp3) is 0.889. The Bertz CT molecular complexity index is 270. The molecule has 1 fully saturated rings. The highest BCUT2D eigenvalue weighted by atomic mass is 19.4. The summed E-state index contributed by atoms with van der Waals surface area (Å²) in [6.07, 6.45) is -4.50. The minimum absolute atomic E-state index is 0.0822. The summed E-state index contributed by atoms with van der Waals surface area (Å²) in [5, 5.41) is 0. The average molecular weight is 240 g/mol. The molecule has 1 rings (SSSR count). The first-order valence-corrected chi connectivity index (χ1v) is 4.90. The number of hydrogen-bond donors (Lipinski definition) is 1. The van der Waals surface area contributed by atoms with Crippen molar-refractivity contribution in [2.45, 2.75) is 12.6 Å². The Balaban J connectivity index is 2.80. The van der Waals surface area contributed by atoms with Gasteiger partial charge in [-0.1, -0.05) is 0 Å². The summed E-state index contributed by atoms with van der Waals surface area (Å²) in [5.74, 6) is -0.456. The van der Waals surface area contributed by atoms with Crippen molar-refractivity contribution in [2.75, 3.05) is 33.4 Å². The van der Waals surface area contributed by atoms with Crippen LogP contribution in [0.15, 0.2) is 0 Å². The lowest BCUT2D eigenvalue weighted by Crippen LogP contribution is -2.45. The molecule has 1 aliphatic rings. The van der Waals surface area contributed by atoms with Crippen LogP contribution in [0.3, 0.4) is 0 Å². The predicted molar refractivity (Wildman–Crippen MR) is 50.6 cm³/mol. The highest BCUT2D eigenvalue weighted by Crippen LogP contribution is 2.45. The molecule has 7 heteroatoms. The van der Waals surface area contributed by atoms with E-state index < -0.39 is 24.1 Å². The number of alkyl halides is 3. The number of likely N-dealkylation sites (tertiary alicyclic amines) is 1. The number of nitrogens with two attached hydrogens (primary N) is 1. The van der Waals surface area contributed by atoms with Crippen molar-refractivity contribution in [3.63, 3.8) is 0 Å². The molecule has 1 atom stereocenters. The van der Waals surface area contributed by atoms with E-state index in [4.69, 9.17) is 5.73 Å². The third-order valence-electron chi connectivity index (χ3n) is 2.90. The largest absolute Gasteiger partial charge is 0.398 e. The van der Waals surface area contributed by atoms with E-state index in [2.05, 4.69) is 4.74 Å². The lowest BCUT2D eigenvalue weighted by atomic mass is 9.87. The van der Waals surface area contributed by atoms with Crippen LogP contribution < -0.4 is 5.73 Å². The second-order valence-corrected chi connectivity index (χ2v) is 3.98. The maximum absolute atomic E-state index is 12.9. The van der Waals surface area contributed by atoms with E-state index in [-0.39, 0.29) is 26.1 Å². The first kappa shape index (κ1) is 13.2. The van der Waals surface area contributed by atoms with Gasteiger partial charge in [0.25, 0.3) is 0 Å². The molecule has 0 aliphatic carbocycles. The topological polar surface area (TPSA) is 55.6 Å². The second kappa shape index (κ2) is 4.58. The number of hydrogen-bond acceptors (Lipinski definition) is 3. The van der Waals surface area contributed by atoms with Gasteiger partial charge in [0, 0.05) is 20.2 Å². The van der Waals surface area contributed by atoms with Crippen molar-refractivity contribution in [1.29, 1.82) is 0 Å². The first-order valence-electron chi connectivity index (χ1n) is 4.90. The first-order chi connectivity index (χ1) is 7.36. The van der Waals surface area contributed by atoms with Gasteiger partial charge in [-0.15, -0.1) is 0 Å². The Labute approximate surface area is 91.5 Å². The van der Waals surface area contributed by atoms with Crippen LogP contribution in [0.4, 0.5) is 13.2 Å². The molecule has 0 aromatic heterocycles. The van der Waals surface area contributed by atoms with Gasteiger partial charge in [-0.3, -0.25) is 4.79 Å². The quantitative estimate of drug-likeness (QED) is 0.775. The average Bonchev–Trinajstić information content (AvgIpc) is 2.62. The minimum atomic E-state index is -4.37. The predicted octanol–water partition coefficient (Wildman–Crippen LogP) is 0.373. The van der Waals surface area contributed by atoms with Gasteiger partial charge in [0.1, 0.15) is 5.41 Å². The Morgan fingerprint density at radius 3 is 2.62 bits per heavy atom. The van der Waals surface area contributed by atoms with E-state index >= 15 is 0 Å². The molecule has 0 radical (unpaired) electrons. The van der Waals surface area contributed by atoms with Crippen molar-refractivity contribution in [1.82, 2.24) is 4.90 Å². The molecule has 1 amide bonds. The highest BCUT2D eigenvalue weighted by molar-refractivity contribution is 5.78. The zero-order chi connectivity index (χ0) is 12.4. The van der Waals surface area contributed by atoms with Gasteiger partial charge in [-0.2, -0.15) is 13.2 Å². The molecule has 0 spiro atoms. The van der Waals surface area contributed by atoms with Crippen LogP contribution in [0.25, 0.3) is 0 Å². The number of methoxy groups -OCH3 is 1. The SMILES string of the molecule is COCC1(C(F)(F)F)CCN(C(=O)CN)C1. The van der Waals surface area contributed by atoms with E-state index in [1.54, 1.807) is 0 Å². The molecule has 94 valence electrons. The summed E-state index contributed by atoms with van der Waals surface area (Å²) in [6, 6.07) is 0. The normalized spacial score (nSPS) is 26.2. The number of amides is 1. The van der Waals surface area contributed by atoms with Gasteiger partial charge in [0.05, 0.1) is 13.2 Å². The molecule has 0 aromatic rings. The van der Waals surface area contributed by atoms with E-state index in [0.717, 1.165) is 4.90 Å². The summed E-state index contributed by atoms with van der Waals surface area (Å²) in [7, 11) is 1.22. The van der Waals surface area contributed by atoms with Crippen molar-refractivity contribution in [2.24, 2.45) is 11.1 Å². The third kappa shape index (κ3) is 2.30. The van der Waals surface area contributed by atoms with Crippen molar-refractivity contribution in [3.05, 3.63) is 0 Å². The molecule has 1 aliphatic heterocycles. The number of rotatable bonds is 3. The molecule has 1 unspecified atom stereocenters. The van der Waals surface area contributed by atoms with Crippen LogP contribution in [-0.2, 0) is 9.53 Å². The zero-order valence-corrected chi connectivity index (χ0v) is 9.01. The lowest BCUT2D eigenvalue weighted by molar-refractivity contribution is -0.232. The summed E-state index contributed by atoms with van der Waals surface area (Å²) < 4.78 is 43.3. The molecule has 4 nitrogen and oxygen atoms in total. The molecule has 0 saturated carbocycles. The monoisotopic (exact) mass is 240 g/mol. The lowest BCUT2D eigenvalue weighted by Gasteiger charge is -2.30. The van der Waals surface area contributed by atoms with Gasteiger partial charge in [-0.05, 0) is 6.42 Å². The Hall–Kier alpha value is -0.820. The second-order valence-electron chi connectivity index (χ2n) is 3.98. The summed E-state index contributed by atoms with van der Waals surface area (Å²) in [6.45, 7) is -0.967. The molecule has 0 aromatic carbocycles. The highest BCUT2D eigenvalue weighted by Gasteiger charge is 2.58. The number of carbonyl (C=O) groups excluding carboxylic acids is 1. The van der Waals surface area contributed by atoms with Crippen molar-refractivity contribution >= 4 is 5.91 Å². The molecular formula is C9H15F3N2O2. The fourth-order valence-corrected chi connectivity index (χ4v) is 1.92. The van der Waals surface area contributed by atoms with Crippen LogP contribution in [0, 0.1) is 5.41 Å². The minimum Gasteiger partial charge on any atom is -0.384 e. The van der Waals surface area contributed by atoms with Crippen LogP contribution in [-0.4, -0.2) is 50.3 Å².